The molecule has 3 aromatic rings. The summed E-state index contributed by atoms with van der Waals surface area (Å²) in [6.07, 6.45) is 1.10. The fourth-order valence-corrected chi connectivity index (χ4v) is 8.77. The van der Waals surface area contributed by atoms with Crippen molar-refractivity contribution in [2.75, 3.05) is 11.4 Å². The number of imide groups is 2. The number of likely N-dealkylation sites (tertiary alicyclic amines) is 1. The average molecular weight is 679 g/mol. The van der Waals surface area contributed by atoms with Gasteiger partial charge in [0.05, 0.1) is 11.8 Å². The highest BCUT2D eigenvalue weighted by atomic mass is 35.5. The van der Waals surface area contributed by atoms with Crippen LogP contribution < -0.4 is 4.90 Å². The van der Waals surface area contributed by atoms with Crippen LogP contribution >= 0.6 is 23.2 Å². The lowest BCUT2D eigenvalue weighted by Crippen LogP contribution is -2.60. The molecule has 238 valence electrons. The number of alkyl halides is 2. The van der Waals surface area contributed by atoms with Crippen LogP contribution in [0.3, 0.4) is 0 Å². The summed E-state index contributed by atoms with van der Waals surface area (Å²) >= 11 is 14.3. The van der Waals surface area contributed by atoms with Gasteiger partial charge in [0.1, 0.15) is 11.4 Å². The lowest BCUT2D eigenvalue weighted by atomic mass is 9.56. The first-order chi connectivity index (χ1) is 21.7. The van der Waals surface area contributed by atoms with Crippen molar-refractivity contribution in [3.8, 4) is 5.75 Å². The van der Waals surface area contributed by atoms with Crippen molar-refractivity contribution in [2.24, 2.45) is 17.8 Å². The summed E-state index contributed by atoms with van der Waals surface area (Å²) in [5.74, 6) is -20.7. The number of allylic oxidation sites excluding steroid dienone is 2. The molecule has 0 bridgehead atoms. The number of carbonyl (C=O) groups excluding carboxylic acids is 4. The second-order valence-electron chi connectivity index (χ2n) is 11.8. The quantitative estimate of drug-likeness (QED) is 0.0941. The zero-order chi connectivity index (χ0) is 33.2. The van der Waals surface area contributed by atoms with E-state index in [0.717, 1.165) is 4.90 Å². The first kappa shape index (κ1) is 30.6. The van der Waals surface area contributed by atoms with E-state index in [1.807, 2.05) is 0 Å². The van der Waals surface area contributed by atoms with Gasteiger partial charge in [-0.2, -0.15) is 0 Å². The molecule has 2 aliphatic heterocycles. The zero-order valence-electron chi connectivity index (χ0n) is 23.6. The maximum atomic E-state index is 15.2. The Morgan fingerprint density at radius 1 is 0.826 bits per heavy atom. The molecule has 7 rings (SSSR count). The topological polar surface area (TPSA) is 95.0 Å². The molecule has 4 aliphatic rings. The van der Waals surface area contributed by atoms with Crippen LogP contribution in [0.2, 0.25) is 0 Å². The molecule has 0 radical (unpaired) electrons. The number of phenols is 1. The number of hydrogen-bond donors (Lipinski definition) is 1. The number of aromatic hydroxyl groups is 1. The van der Waals surface area contributed by atoms with Crippen molar-refractivity contribution in [3.63, 3.8) is 0 Å². The first-order valence-corrected chi connectivity index (χ1v) is 15.0. The van der Waals surface area contributed by atoms with Gasteiger partial charge in [0.2, 0.25) is 17.6 Å². The number of rotatable bonds is 3. The van der Waals surface area contributed by atoms with E-state index in [9.17, 15) is 37.5 Å². The van der Waals surface area contributed by atoms with E-state index >= 15 is 8.78 Å². The number of benzene rings is 3. The first-order valence-electron chi connectivity index (χ1n) is 14.3. The fraction of sp³-hybridized carbons (Fsp3) is 0.312. The summed E-state index contributed by atoms with van der Waals surface area (Å²) in [6.45, 7) is 1.68. The van der Waals surface area contributed by atoms with Crippen LogP contribution in [0.25, 0.3) is 10.8 Å². The second-order valence-corrected chi connectivity index (χ2v) is 13.1. The van der Waals surface area contributed by atoms with Crippen LogP contribution in [0.1, 0.15) is 31.2 Å². The van der Waals surface area contributed by atoms with Gasteiger partial charge in [-0.15, -0.1) is 23.2 Å². The average Bonchev–Trinajstić information content (AvgIpc) is 3.37. The van der Waals surface area contributed by atoms with E-state index in [0.29, 0.717) is 16.3 Å². The van der Waals surface area contributed by atoms with Gasteiger partial charge in [0, 0.05) is 17.8 Å². The Balaban J connectivity index is 1.52. The Kier molecular flexibility index (Phi) is 6.64. The molecule has 0 unspecified atom stereocenters. The van der Waals surface area contributed by atoms with Gasteiger partial charge < -0.3 is 5.11 Å². The van der Waals surface area contributed by atoms with Gasteiger partial charge in [-0.3, -0.25) is 24.1 Å². The van der Waals surface area contributed by atoms with Crippen molar-refractivity contribution >= 4 is 63.3 Å². The normalized spacial score (nSPS) is 30.6. The fourth-order valence-electron chi connectivity index (χ4n) is 7.85. The minimum atomic E-state index is -2.64. The highest BCUT2D eigenvalue weighted by Gasteiger charge is 2.77. The molecule has 1 N–H and O–H groups in total. The molecule has 0 aromatic heterocycles. The zero-order valence-corrected chi connectivity index (χ0v) is 25.1. The Bertz CT molecular complexity index is 1960. The standard InChI is InChI=1S/C32H21Cl2F5N2O5/c1-2-40-27(43)16-8-7-15-17(19(16)28(40)44)11-31(33)29(45)41(26-24(38)22(36)21(35)23(37)25(26)39)30(46)32(31,34)20(15)14-9-10-18(42)13-6-4-3-5-12(13)14/h3-7,9-10,16-17,19-20,42H,2,8,11H2,1H3/t16-,17+,19-,20-,31+,32-/m0/s1. The minimum Gasteiger partial charge on any atom is -0.507 e. The molecule has 14 heteroatoms. The SMILES string of the molecule is CCN1C(=O)[C@H]2[C@H](CC=C3[C@H]2C[C@@]2(Cl)C(=O)N(c4c(F)c(F)c(F)c(F)c4F)C(=O)[C@@]2(Cl)[C@H]3c2ccc(O)c3ccccc23)C1=O. The van der Waals surface area contributed by atoms with E-state index in [4.69, 9.17) is 23.2 Å². The molecule has 2 saturated heterocycles. The van der Waals surface area contributed by atoms with Crippen molar-refractivity contribution in [1.29, 1.82) is 0 Å². The lowest BCUT2D eigenvalue weighted by Gasteiger charge is -2.51. The van der Waals surface area contributed by atoms with Gasteiger partial charge in [-0.05, 0) is 42.7 Å². The number of hydrogen-bond acceptors (Lipinski definition) is 5. The largest absolute Gasteiger partial charge is 0.507 e. The van der Waals surface area contributed by atoms with E-state index in [1.165, 1.54) is 12.1 Å². The molecular weight excluding hydrogens is 658 g/mol. The minimum absolute atomic E-state index is 0.0514. The van der Waals surface area contributed by atoms with Crippen molar-refractivity contribution in [3.05, 3.63) is 82.7 Å². The Hall–Kier alpha value is -4.03. The maximum Gasteiger partial charge on any atom is 0.258 e. The van der Waals surface area contributed by atoms with Crippen molar-refractivity contribution in [2.45, 2.75) is 35.4 Å². The lowest BCUT2D eigenvalue weighted by molar-refractivity contribution is -0.140. The second kappa shape index (κ2) is 9.98. The van der Waals surface area contributed by atoms with Crippen molar-refractivity contribution < 1.29 is 46.2 Å². The summed E-state index contributed by atoms with van der Waals surface area (Å²) in [7, 11) is 0. The molecule has 2 aliphatic carbocycles. The number of halogens is 7. The highest BCUT2D eigenvalue weighted by Crippen LogP contribution is 2.66. The van der Waals surface area contributed by atoms with Gasteiger partial charge >= 0.3 is 0 Å². The summed E-state index contributed by atoms with van der Waals surface area (Å²) < 4.78 is 73.1. The van der Waals surface area contributed by atoms with Gasteiger partial charge in [0.25, 0.3) is 11.8 Å². The van der Waals surface area contributed by atoms with Gasteiger partial charge in [0.15, 0.2) is 33.0 Å². The predicted octanol–water partition coefficient (Wildman–Crippen LogP) is 5.82. The third kappa shape index (κ3) is 3.54. The molecule has 0 spiro atoms. The number of nitrogens with zero attached hydrogens (tertiary/aromatic N) is 2. The Labute approximate surface area is 267 Å². The number of fused-ring (bicyclic) bond motifs is 5. The van der Waals surface area contributed by atoms with E-state index in [2.05, 4.69) is 0 Å². The molecular formula is C32H21Cl2F5N2O5. The number of amides is 4. The highest BCUT2D eigenvalue weighted by molar-refractivity contribution is 6.58. The molecule has 2 heterocycles. The van der Waals surface area contributed by atoms with E-state index < -0.39 is 98.2 Å². The molecule has 3 fully saturated rings. The third-order valence-corrected chi connectivity index (χ3v) is 11.3. The summed E-state index contributed by atoms with van der Waals surface area (Å²) in [5.41, 5.74) is -1.27. The van der Waals surface area contributed by atoms with Crippen molar-refractivity contribution in [1.82, 2.24) is 4.90 Å². The smallest absolute Gasteiger partial charge is 0.258 e. The summed E-state index contributed by atoms with van der Waals surface area (Å²) in [6, 6.07) is 9.11. The van der Waals surface area contributed by atoms with Crippen LogP contribution in [0.5, 0.6) is 5.75 Å². The molecule has 7 nitrogen and oxygen atoms in total. The number of carbonyl (C=O) groups is 4. The van der Waals surface area contributed by atoms with Crippen LogP contribution in [-0.4, -0.2) is 49.9 Å². The molecule has 1 saturated carbocycles. The monoisotopic (exact) mass is 678 g/mol. The number of phenolic OH excluding ortho intramolecular Hbond substituents is 1. The van der Waals surface area contributed by atoms with Crippen LogP contribution in [-0.2, 0) is 19.2 Å². The summed E-state index contributed by atoms with van der Waals surface area (Å²) in [5, 5.41) is 11.3. The Morgan fingerprint density at radius 2 is 1.43 bits per heavy atom. The van der Waals surface area contributed by atoms with Crippen LogP contribution in [0, 0.1) is 46.8 Å². The molecule has 4 amide bonds. The van der Waals surface area contributed by atoms with Gasteiger partial charge in [-0.1, -0.05) is 42.0 Å². The molecule has 3 aromatic carbocycles. The van der Waals surface area contributed by atoms with E-state index in [-0.39, 0.29) is 29.2 Å². The molecule has 46 heavy (non-hydrogen) atoms. The molecule has 6 atom stereocenters. The predicted molar refractivity (Wildman–Crippen MR) is 154 cm³/mol. The maximum absolute atomic E-state index is 15.2. The van der Waals surface area contributed by atoms with Gasteiger partial charge in [-0.25, -0.2) is 26.9 Å². The summed E-state index contributed by atoms with van der Waals surface area (Å²) in [4.78, 5) is 51.0. The Morgan fingerprint density at radius 3 is 2.07 bits per heavy atom. The van der Waals surface area contributed by atoms with Crippen LogP contribution in [0.15, 0.2) is 48.0 Å². The van der Waals surface area contributed by atoms with E-state index in [1.54, 1.807) is 37.3 Å². The van der Waals surface area contributed by atoms with Crippen LogP contribution in [0.4, 0.5) is 27.6 Å². The third-order valence-electron chi connectivity index (χ3n) is 9.87. The number of anilines is 1.